The maximum absolute atomic E-state index is 13.4. The molecule has 1 heterocycles. The molecular weight excluding hydrogens is 243 g/mol. The lowest BCUT2D eigenvalue weighted by Crippen LogP contribution is -2.24. The predicted octanol–water partition coefficient (Wildman–Crippen LogP) is 2.71. The zero-order chi connectivity index (χ0) is 13.7. The minimum Gasteiger partial charge on any atom is -0.346 e. The van der Waals surface area contributed by atoms with E-state index >= 15 is 0 Å². The summed E-state index contributed by atoms with van der Waals surface area (Å²) in [6.45, 7) is 2.33. The van der Waals surface area contributed by atoms with Crippen LogP contribution in [0, 0.1) is 5.82 Å². The summed E-state index contributed by atoms with van der Waals surface area (Å²) in [5.41, 5.74) is 1.95. The third-order valence-corrected chi connectivity index (χ3v) is 2.90. The van der Waals surface area contributed by atoms with Crippen LogP contribution in [0.25, 0.3) is 0 Å². The summed E-state index contributed by atoms with van der Waals surface area (Å²) in [7, 11) is 0. The molecule has 1 N–H and O–H groups in total. The maximum Gasteiger partial charge on any atom is 0.254 e. The summed E-state index contributed by atoms with van der Waals surface area (Å²) >= 11 is 0. The zero-order valence-corrected chi connectivity index (χ0v) is 10.7. The smallest absolute Gasteiger partial charge is 0.254 e. The highest BCUT2D eigenvalue weighted by molar-refractivity contribution is 5.94. The van der Waals surface area contributed by atoms with E-state index in [1.165, 1.54) is 12.1 Å². The van der Waals surface area contributed by atoms with E-state index in [2.05, 4.69) is 10.3 Å². The number of pyridine rings is 1. The van der Waals surface area contributed by atoms with Crippen LogP contribution in [0.15, 0.2) is 42.6 Å². The number of amides is 1. The molecule has 0 unspecified atom stereocenters. The van der Waals surface area contributed by atoms with Gasteiger partial charge in [-0.3, -0.25) is 9.78 Å². The van der Waals surface area contributed by atoms with Crippen LogP contribution in [0.2, 0.25) is 0 Å². The van der Waals surface area contributed by atoms with Crippen molar-refractivity contribution < 1.29 is 9.18 Å². The number of nitrogens with zero attached hydrogens (tertiary/aromatic N) is 1. The molecule has 1 aromatic carbocycles. The number of halogens is 1. The lowest BCUT2D eigenvalue weighted by molar-refractivity contribution is 0.0946. The Hall–Kier alpha value is -2.23. The van der Waals surface area contributed by atoms with Gasteiger partial charge in [-0.25, -0.2) is 4.39 Å². The van der Waals surface area contributed by atoms with E-state index in [1.807, 2.05) is 19.1 Å². The third-order valence-electron chi connectivity index (χ3n) is 2.90. The van der Waals surface area contributed by atoms with Crippen molar-refractivity contribution in [3.8, 4) is 0 Å². The minimum absolute atomic E-state index is 0.0523. The number of nitrogens with one attached hydrogen (secondary N) is 1. The minimum atomic E-state index is -0.517. The van der Waals surface area contributed by atoms with Crippen LogP contribution in [0.1, 0.15) is 28.5 Å². The summed E-state index contributed by atoms with van der Waals surface area (Å²) in [5, 5.41) is 2.69. The van der Waals surface area contributed by atoms with Crippen molar-refractivity contribution in [2.24, 2.45) is 0 Å². The second-order valence-corrected chi connectivity index (χ2v) is 4.13. The molecule has 0 fully saturated rings. The SMILES string of the molecule is CCc1cccnc1CNC(=O)c1ccccc1F. The molecule has 0 radical (unpaired) electrons. The van der Waals surface area contributed by atoms with Crippen LogP contribution in [0.3, 0.4) is 0 Å². The second-order valence-electron chi connectivity index (χ2n) is 4.13. The summed E-state index contributed by atoms with van der Waals surface area (Å²) in [5.74, 6) is -0.942. The average molecular weight is 258 g/mol. The van der Waals surface area contributed by atoms with Crippen molar-refractivity contribution in [3.05, 3.63) is 65.2 Å². The Balaban J connectivity index is 2.07. The van der Waals surface area contributed by atoms with Crippen molar-refractivity contribution >= 4 is 5.91 Å². The Morgan fingerprint density at radius 3 is 2.79 bits per heavy atom. The van der Waals surface area contributed by atoms with Gasteiger partial charge in [-0.15, -0.1) is 0 Å². The van der Waals surface area contributed by atoms with Crippen LogP contribution < -0.4 is 5.32 Å². The van der Waals surface area contributed by atoms with E-state index in [0.29, 0.717) is 6.54 Å². The number of hydrogen-bond donors (Lipinski definition) is 1. The number of carbonyl (C=O) groups excluding carboxylic acids is 1. The first kappa shape index (κ1) is 13.2. The molecule has 98 valence electrons. The Labute approximate surface area is 111 Å². The second kappa shape index (κ2) is 6.09. The first-order valence-electron chi connectivity index (χ1n) is 6.18. The summed E-state index contributed by atoms with van der Waals surface area (Å²) in [4.78, 5) is 16.1. The van der Waals surface area contributed by atoms with Crippen molar-refractivity contribution in [2.75, 3.05) is 0 Å². The van der Waals surface area contributed by atoms with Gasteiger partial charge in [-0.05, 0) is 30.2 Å². The lowest BCUT2D eigenvalue weighted by Gasteiger charge is -2.08. The van der Waals surface area contributed by atoms with E-state index < -0.39 is 11.7 Å². The van der Waals surface area contributed by atoms with E-state index in [1.54, 1.807) is 18.3 Å². The van der Waals surface area contributed by atoms with Gasteiger partial charge >= 0.3 is 0 Å². The van der Waals surface area contributed by atoms with Gasteiger partial charge in [0.1, 0.15) is 5.82 Å². The number of aryl methyl sites for hydroxylation is 1. The fourth-order valence-corrected chi connectivity index (χ4v) is 1.86. The Morgan fingerprint density at radius 2 is 2.05 bits per heavy atom. The Morgan fingerprint density at radius 1 is 1.26 bits per heavy atom. The largest absolute Gasteiger partial charge is 0.346 e. The molecule has 1 aromatic heterocycles. The highest BCUT2D eigenvalue weighted by Gasteiger charge is 2.11. The molecule has 2 rings (SSSR count). The summed E-state index contributed by atoms with van der Waals surface area (Å²) < 4.78 is 13.4. The molecule has 3 nitrogen and oxygen atoms in total. The van der Waals surface area contributed by atoms with Crippen LogP contribution in [-0.4, -0.2) is 10.9 Å². The standard InChI is InChI=1S/C15H15FN2O/c1-2-11-6-5-9-17-14(11)10-18-15(19)12-7-3-4-8-13(12)16/h3-9H,2,10H2,1H3,(H,18,19). The molecule has 4 heteroatoms. The van der Waals surface area contributed by atoms with Crippen LogP contribution in [-0.2, 0) is 13.0 Å². The Kier molecular flexibility index (Phi) is 4.23. The number of benzene rings is 1. The van der Waals surface area contributed by atoms with Crippen molar-refractivity contribution in [2.45, 2.75) is 19.9 Å². The van der Waals surface area contributed by atoms with Gasteiger partial charge < -0.3 is 5.32 Å². The molecule has 0 saturated heterocycles. The molecule has 0 saturated carbocycles. The predicted molar refractivity (Wildman–Crippen MR) is 71.2 cm³/mol. The van der Waals surface area contributed by atoms with Gasteiger partial charge in [-0.1, -0.05) is 25.1 Å². The number of hydrogen-bond acceptors (Lipinski definition) is 2. The normalized spacial score (nSPS) is 10.2. The van der Waals surface area contributed by atoms with Gasteiger partial charge in [0.05, 0.1) is 17.8 Å². The maximum atomic E-state index is 13.4. The number of rotatable bonds is 4. The fraction of sp³-hybridized carbons (Fsp3) is 0.200. The molecule has 19 heavy (non-hydrogen) atoms. The number of aromatic nitrogens is 1. The first-order valence-corrected chi connectivity index (χ1v) is 6.18. The van der Waals surface area contributed by atoms with Gasteiger partial charge in [0, 0.05) is 6.20 Å². The van der Waals surface area contributed by atoms with Crippen molar-refractivity contribution in [3.63, 3.8) is 0 Å². The molecule has 1 amide bonds. The van der Waals surface area contributed by atoms with Crippen molar-refractivity contribution in [1.29, 1.82) is 0 Å². The van der Waals surface area contributed by atoms with Crippen LogP contribution in [0.5, 0.6) is 0 Å². The van der Waals surface area contributed by atoms with Crippen molar-refractivity contribution in [1.82, 2.24) is 10.3 Å². The van der Waals surface area contributed by atoms with E-state index in [-0.39, 0.29) is 5.56 Å². The molecule has 0 spiro atoms. The molecule has 2 aromatic rings. The summed E-state index contributed by atoms with van der Waals surface area (Å²) in [6.07, 6.45) is 2.53. The average Bonchev–Trinajstić information content (AvgIpc) is 2.45. The lowest BCUT2D eigenvalue weighted by atomic mass is 10.1. The molecule has 0 aliphatic heterocycles. The highest BCUT2D eigenvalue weighted by Crippen LogP contribution is 2.08. The van der Waals surface area contributed by atoms with E-state index in [0.717, 1.165) is 17.7 Å². The third kappa shape index (κ3) is 3.16. The zero-order valence-electron chi connectivity index (χ0n) is 10.7. The molecule has 0 atom stereocenters. The quantitative estimate of drug-likeness (QED) is 0.916. The molecule has 0 aliphatic rings. The fourth-order valence-electron chi connectivity index (χ4n) is 1.86. The first-order chi connectivity index (χ1) is 9.22. The van der Waals surface area contributed by atoms with E-state index in [4.69, 9.17) is 0 Å². The molecular formula is C15H15FN2O. The molecule has 0 aliphatic carbocycles. The van der Waals surface area contributed by atoms with Gasteiger partial charge in [0.15, 0.2) is 0 Å². The van der Waals surface area contributed by atoms with Gasteiger partial charge in [-0.2, -0.15) is 0 Å². The van der Waals surface area contributed by atoms with Crippen LogP contribution >= 0.6 is 0 Å². The number of carbonyl (C=O) groups is 1. The van der Waals surface area contributed by atoms with Gasteiger partial charge in [0.25, 0.3) is 5.91 Å². The molecule has 0 bridgehead atoms. The van der Waals surface area contributed by atoms with Gasteiger partial charge in [0.2, 0.25) is 0 Å². The highest BCUT2D eigenvalue weighted by atomic mass is 19.1. The van der Waals surface area contributed by atoms with E-state index in [9.17, 15) is 9.18 Å². The Bertz CT molecular complexity index is 584. The topological polar surface area (TPSA) is 42.0 Å². The van der Waals surface area contributed by atoms with Crippen LogP contribution in [0.4, 0.5) is 4.39 Å². The monoisotopic (exact) mass is 258 g/mol. The summed E-state index contributed by atoms with van der Waals surface area (Å²) in [6, 6.07) is 9.76.